The van der Waals surface area contributed by atoms with E-state index >= 15 is 0 Å². The van der Waals surface area contributed by atoms with Crippen LogP contribution in [0.2, 0.25) is 0 Å². The van der Waals surface area contributed by atoms with Gasteiger partial charge in [-0.05, 0) is 65.9 Å². The molecule has 0 saturated heterocycles. The zero-order valence-electron chi connectivity index (χ0n) is 12.8. The van der Waals surface area contributed by atoms with Crippen molar-refractivity contribution in [3.63, 3.8) is 0 Å². The molecule has 1 heterocycles. The molecule has 1 aromatic heterocycles. The Morgan fingerprint density at radius 1 is 1.10 bits per heavy atom. The first-order valence-electron chi connectivity index (χ1n) is 7.89. The van der Waals surface area contributed by atoms with Crippen molar-refractivity contribution in [1.82, 2.24) is 0 Å². The van der Waals surface area contributed by atoms with Crippen molar-refractivity contribution in [2.75, 3.05) is 0 Å². The van der Waals surface area contributed by atoms with Crippen LogP contribution in [0.3, 0.4) is 0 Å². The second-order valence-corrected chi connectivity index (χ2v) is 7.33. The monoisotopic (exact) mass is 358 g/mol. The summed E-state index contributed by atoms with van der Waals surface area (Å²) in [4.78, 5) is 12.4. The van der Waals surface area contributed by atoms with Crippen molar-refractivity contribution in [2.45, 2.75) is 78.1 Å². The summed E-state index contributed by atoms with van der Waals surface area (Å²) in [6, 6.07) is 0. The first kappa shape index (κ1) is 17.9. The molecular weight excluding hydrogens is 332 g/mol. The lowest BCUT2D eigenvalue weighted by Crippen LogP contribution is -1.90. The molecule has 20 heavy (non-hydrogen) atoms. The van der Waals surface area contributed by atoms with Gasteiger partial charge in [0.05, 0.1) is 0 Å². The van der Waals surface area contributed by atoms with Gasteiger partial charge < -0.3 is 4.79 Å². The molecule has 0 spiro atoms. The van der Waals surface area contributed by atoms with Crippen LogP contribution < -0.4 is 0 Å². The molecule has 0 fully saturated rings. The molecule has 1 rings (SSSR count). The van der Waals surface area contributed by atoms with Crippen LogP contribution in [0, 0.1) is 0 Å². The van der Waals surface area contributed by atoms with Crippen molar-refractivity contribution in [3.8, 4) is 0 Å². The highest BCUT2D eigenvalue weighted by Crippen LogP contribution is 2.31. The Hall–Kier alpha value is -0.150. The van der Waals surface area contributed by atoms with Crippen LogP contribution in [0.4, 0.5) is 0 Å². The summed E-state index contributed by atoms with van der Waals surface area (Å²) in [7, 11) is 0. The number of carbonyl (C=O) groups excluding carboxylic acids is 1. The van der Waals surface area contributed by atoms with Gasteiger partial charge in [-0.1, -0.05) is 32.6 Å². The van der Waals surface area contributed by atoms with E-state index in [4.69, 9.17) is 0 Å². The minimum Gasteiger partial charge on any atom is -0.300 e. The quantitative estimate of drug-likeness (QED) is 0.422. The zero-order valence-corrected chi connectivity index (χ0v) is 15.2. The van der Waals surface area contributed by atoms with E-state index in [0.29, 0.717) is 5.78 Å². The van der Waals surface area contributed by atoms with Gasteiger partial charge in [-0.25, -0.2) is 0 Å². The number of carbonyl (C=O) groups is 1. The fourth-order valence-electron chi connectivity index (χ4n) is 2.34. The average molecular weight is 359 g/mol. The van der Waals surface area contributed by atoms with Gasteiger partial charge in [-0.2, -0.15) is 0 Å². The number of unbranched alkanes of at least 4 members (excludes halogenated alkanes) is 5. The molecule has 0 radical (unpaired) electrons. The molecule has 0 aliphatic rings. The van der Waals surface area contributed by atoms with E-state index in [0.717, 1.165) is 25.7 Å². The van der Waals surface area contributed by atoms with Gasteiger partial charge in [-0.3, -0.25) is 0 Å². The van der Waals surface area contributed by atoms with Crippen molar-refractivity contribution >= 4 is 33.0 Å². The Labute approximate surface area is 136 Å². The Balaban J connectivity index is 2.26. The lowest BCUT2D eigenvalue weighted by atomic mass is 10.1. The molecule has 0 saturated carbocycles. The Kier molecular flexibility index (Phi) is 9.45. The predicted octanol–water partition coefficient (Wildman–Crippen LogP) is 6.33. The smallest absolute Gasteiger partial charge is 0.129 e. The summed E-state index contributed by atoms with van der Waals surface area (Å²) in [5.74, 6) is 0.316. The molecule has 114 valence electrons. The lowest BCUT2D eigenvalue weighted by Gasteiger charge is -2.02. The number of ketones is 1. The normalized spacial score (nSPS) is 10.9. The number of halogens is 1. The van der Waals surface area contributed by atoms with Crippen LogP contribution in [0.15, 0.2) is 9.85 Å². The van der Waals surface area contributed by atoms with E-state index in [-0.39, 0.29) is 0 Å². The minimum absolute atomic E-state index is 0.316. The molecule has 0 aliphatic carbocycles. The largest absolute Gasteiger partial charge is 0.300 e. The zero-order chi connectivity index (χ0) is 14.8. The van der Waals surface area contributed by atoms with Crippen molar-refractivity contribution < 1.29 is 4.79 Å². The van der Waals surface area contributed by atoms with Gasteiger partial charge in [0.15, 0.2) is 0 Å². The SMILES string of the molecule is CCCCCCc1csc(CCCCCC(C)=O)c1Br. The molecule has 0 amide bonds. The fourth-order valence-corrected chi connectivity index (χ4v) is 4.30. The third-order valence-electron chi connectivity index (χ3n) is 3.60. The van der Waals surface area contributed by atoms with Crippen LogP contribution in [0.5, 0.6) is 0 Å². The summed E-state index contributed by atoms with van der Waals surface area (Å²) in [5, 5.41) is 2.32. The maximum Gasteiger partial charge on any atom is 0.129 e. The molecule has 0 aliphatic heterocycles. The fraction of sp³-hybridized carbons (Fsp3) is 0.706. The Morgan fingerprint density at radius 3 is 2.50 bits per heavy atom. The second-order valence-electron chi connectivity index (χ2n) is 5.57. The van der Waals surface area contributed by atoms with Gasteiger partial charge in [0, 0.05) is 15.8 Å². The molecule has 1 nitrogen and oxygen atoms in total. The van der Waals surface area contributed by atoms with E-state index in [1.807, 2.05) is 11.3 Å². The highest BCUT2D eigenvalue weighted by molar-refractivity contribution is 9.10. The molecule has 3 heteroatoms. The van der Waals surface area contributed by atoms with Gasteiger partial charge >= 0.3 is 0 Å². The van der Waals surface area contributed by atoms with E-state index in [2.05, 4.69) is 28.2 Å². The van der Waals surface area contributed by atoms with Crippen LogP contribution in [0.25, 0.3) is 0 Å². The van der Waals surface area contributed by atoms with E-state index in [1.165, 1.54) is 53.4 Å². The summed E-state index contributed by atoms with van der Waals surface area (Å²) < 4.78 is 1.35. The maximum atomic E-state index is 10.9. The number of hydrogen-bond donors (Lipinski definition) is 0. The molecule has 0 atom stereocenters. The average Bonchev–Trinajstić information content (AvgIpc) is 2.75. The summed E-state index contributed by atoms with van der Waals surface area (Å²) in [6.07, 6.45) is 11.8. The first-order valence-corrected chi connectivity index (χ1v) is 9.56. The van der Waals surface area contributed by atoms with Crippen LogP contribution in [0.1, 0.15) is 75.7 Å². The number of thiophene rings is 1. The summed E-state index contributed by atoms with van der Waals surface area (Å²) in [6.45, 7) is 3.94. The van der Waals surface area contributed by atoms with Crippen LogP contribution >= 0.6 is 27.3 Å². The molecule has 1 aromatic rings. The third kappa shape index (κ3) is 7.03. The number of Topliss-reactive ketones (excluding diaryl/α,β-unsaturated/α-hetero) is 1. The second kappa shape index (κ2) is 10.6. The highest BCUT2D eigenvalue weighted by Gasteiger charge is 2.08. The van der Waals surface area contributed by atoms with E-state index in [1.54, 1.807) is 6.92 Å². The van der Waals surface area contributed by atoms with E-state index in [9.17, 15) is 4.79 Å². The van der Waals surface area contributed by atoms with Crippen LogP contribution in [-0.4, -0.2) is 5.78 Å². The van der Waals surface area contributed by atoms with Gasteiger partial charge in [-0.15, -0.1) is 11.3 Å². The lowest BCUT2D eigenvalue weighted by molar-refractivity contribution is -0.117. The minimum atomic E-state index is 0.316. The Morgan fingerprint density at radius 2 is 1.80 bits per heavy atom. The first-order chi connectivity index (χ1) is 9.65. The van der Waals surface area contributed by atoms with Gasteiger partial charge in [0.25, 0.3) is 0 Å². The number of rotatable bonds is 11. The summed E-state index contributed by atoms with van der Waals surface area (Å²) in [5.41, 5.74) is 1.49. The number of aryl methyl sites for hydroxylation is 2. The third-order valence-corrected chi connectivity index (χ3v) is 5.95. The van der Waals surface area contributed by atoms with Gasteiger partial charge in [0.2, 0.25) is 0 Å². The molecular formula is C17H27BrOS. The van der Waals surface area contributed by atoms with Crippen LogP contribution in [-0.2, 0) is 17.6 Å². The Bertz CT molecular complexity index is 398. The highest BCUT2D eigenvalue weighted by atomic mass is 79.9. The van der Waals surface area contributed by atoms with Crippen molar-refractivity contribution in [1.29, 1.82) is 0 Å². The topological polar surface area (TPSA) is 17.1 Å². The standard InChI is InChI=1S/C17H27BrOS/c1-3-4-5-8-11-15-13-20-16(17(15)18)12-9-6-7-10-14(2)19/h13H,3-12H2,1-2H3. The molecule has 0 bridgehead atoms. The predicted molar refractivity (Wildman–Crippen MR) is 92.7 cm³/mol. The molecule has 0 aromatic carbocycles. The number of hydrogen-bond acceptors (Lipinski definition) is 2. The molecule has 0 N–H and O–H groups in total. The molecule has 0 unspecified atom stereocenters. The summed E-state index contributed by atoms with van der Waals surface area (Å²) >= 11 is 5.66. The van der Waals surface area contributed by atoms with E-state index < -0.39 is 0 Å². The maximum absolute atomic E-state index is 10.9. The van der Waals surface area contributed by atoms with Gasteiger partial charge in [0.1, 0.15) is 5.78 Å². The van der Waals surface area contributed by atoms with Crippen molar-refractivity contribution in [2.24, 2.45) is 0 Å². The van der Waals surface area contributed by atoms with Crippen molar-refractivity contribution in [3.05, 3.63) is 20.3 Å².